The molecule has 1 saturated heterocycles. The number of halogens is 3. The van der Waals surface area contributed by atoms with Gasteiger partial charge in [0.05, 0.1) is 29.2 Å². The summed E-state index contributed by atoms with van der Waals surface area (Å²) in [6, 6.07) is 1.31. The van der Waals surface area contributed by atoms with Crippen LogP contribution in [0.5, 0.6) is 0 Å². The van der Waals surface area contributed by atoms with Crippen molar-refractivity contribution in [3.05, 3.63) is 46.6 Å². The second-order valence-corrected chi connectivity index (χ2v) is 9.41. The fraction of sp³-hybridized carbons (Fsp3) is 0.565. The quantitative estimate of drug-likeness (QED) is 0.685. The van der Waals surface area contributed by atoms with Gasteiger partial charge in [-0.25, -0.2) is 24.7 Å². The molecule has 0 atom stereocenters. The Labute approximate surface area is 201 Å². The van der Waals surface area contributed by atoms with Gasteiger partial charge >= 0.3 is 12.3 Å². The van der Waals surface area contributed by atoms with E-state index in [4.69, 9.17) is 4.74 Å². The number of rotatable bonds is 4. The minimum Gasteiger partial charge on any atom is -0.444 e. The largest absolute Gasteiger partial charge is 0.451 e. The van der Waals surface area contributed by atoms with Crippen molar-refractivity contribution in [1.82, 2.24) is 30.2 Å². The molecule has 0 aromatic carbocycles. The van der Waals surface area contributed by atoms with Gasteiger partial charge in [0.25, 0.3) is 5.91 Å². The second-order valence-electron chi connectivity index (χ2n) is 9.41. The van der Waals surface area contributed by atoms with E-state index in [1.807, 2.05) is 0 Å². The van der Waals surface area contributed by atoms with Gasteiger partial charge in [-0.15, -0.1) is 0 Å². The monoisotopic (exact) mass is 494 g/mol. The normalized spacial score (nSPS) is 15.1. The summed E-state index contributed by atoms with van der Waals surface area (Å²) in [6.07, 6.45) is -2.90. The zero-order valence-corrected chi connectivity index (χ0v) is 20.4. The van der Waals surface area contributed by atoms with Crippen molar-refractivity contribution in [3.63, 3.8) is 0 Å². The molecule has 190 valence electrons. The minimum atomic E-state index is -4.68. The number of aromatic nitrogens is 4. The summed E-state index contributed by atoms with van der Waals surface area (Å²) in [6.45, 7) is 9.52. The van der Waals surface area contributed by atoms with Crippen molar-refractivity contribution in [3.8, 4) is 0 Å². The van der Waals surface area contributed by atoms with Crippen LogP contribution in [0.4, 0.5) is 18.0 Å². The van der Waals surface area contributed by atoms with Crippen LogP contribution in [0, 0.1) is 13.8 Å². The molecular weight excluding hydrogens is 465 g/mol. The topological polar surface area (TPSA) is 110 Å². The Bertz CT molecular complexity index is 1090. The zero-order valence-electron chi connectivity index (χ0n) is 20.4. The summed E-state index contributed by atoms with van der Waals surface area (Å²) in [5.41, 5.74) is 0.758. The molecule has 1 fully saturated rings. The average Bonchev–Trinajstić information content (AvgIpc) is 2.75. The number of likely N-dealkylation sites (tertiary alicyclic amines) is 1. The Morgan fingerprint density at radius 3 is 2.37 bits per heavy atom. The van der Waals surface area contributed by atoms with Gasteiger partial charge in [-0.2, -0.15) is 13.2 Å². The number of nitrogens with one attached hydrogen (secondary N) is 1. The summed E-state index contributed by atoms with van der Waals surface area (Å²) in [7, 11) is 0. The number of hydrogen-bond acceptors (Lipinski definition) is 7. The van der Waals surface area contributed by atoms with Gasteiger partial charge in [0.1, 0.15) is 11.4 Å². The lowest BCUT2D eigenvalue weighted by molar-refractivity contribution is -0.145. The van der Waals surface area contributed by atoms with Crippen LogP contribution in [0.15, 0.2) is 12.3 Å². The summed E-state index contributed by atoms with van der Waals surface area (Å²) in [5.74, 6) is -1.35. The highest BCUT2D eigenvalue weighted by Gasteiger charge is 2.35. The molecule has 1 N–H and O–H groups in total. The first-order valence-corrected chi connectivity index (χ1v) is 11.2. The molecule has 2 amide bonds. The molecule has 1 aliphatic heterocycles. The Morgan fingerprint density at radius 1 is 1.11 bits per heavy atom. The number of aryl methyl sites for hydroxylation is 2. The van der Waals surface area contributed by atoms with E-state index in [1.54, 1.807) is 39.5 Å². The van der Waals surface area contributed by atoms with Crippen LogP contribution in [0.1, 0.15) is 78.6 Å². The van der Waals surface area contributed by atoms with Crippen molar-refractivity contribution >= 4 is 12.0 Å². The van der Waals surface area contributed by atoms with Crippen molar-refractivity contribution in [1.29, 1.82) is 0 Å². The summed E-state index contributed by atoms with van der Waals surface area (Å²) in [5, 5.41) is 2.63. The highest BCUT2D eigenvalue weighted by Crippen LogP contribution is 2.31. The van der Waals surface area contributed by atoms with E-state index in [9.17, 15) is 22.8 Å². The third-order valence-electron chi connectivity index (χ3n) is 5.39. The Morgan fingerprint density at radius 2 is 1.77 bits per heavy atom. The van der Waals surface area contributed by atoms with Crippen molar-refractivity contribution in [2.75, 3.05) is 13.1 Å². The van der Waals surface area contributed by atoms with Crippen LogP contribution in [0.25, 0.3) is 0 Å². The highest BCUT2D eigenvalue weighted by atomic mass is 19.4. The predicted octanol–water partition coefficient (Wildman–Crippen LogP) is 3.95. The number of nitrogens with zero attached hydrogens (tertiary/aromatic N) is 5. The fourth-order valence-corrected chi connectivity index (χ4v) is 3.87. The molecule has 3 heterocycles. The number of amides is 2. The maximum Gasteiger partial charge on any atom is 0.451 e. The van der Waals surface area contributed by atoms with Crippen LogP contribution < -0.4 is 5.32 Å². The number of ether oxygens (including phenoxy) is 1. The lowest BCUT2D eigenvalue weighted by Crippen LogP contribution is -2.41. The third kappa shape index (κ3) is 6.86. The van der Waals surface area contributed by atoms with E-state index in [2.05, 4.69) is 25.3 Å². The van der Waals surface area contributed by atoms with Crippen LogP contribution in [-0.2, 0) is 17.5 Å². The van der Waals surface area contributed by atoms with Gasteiger partial charge in [-0.1, -0.05) is 0 Å². The Balaban J connectivity index is 1.74. The molecule has 0 radical (unpaired) electrons. The van der Waals surface area contributed by atoms with Crippen molar-refractivity contribution in [2.24, 2.45) is 0 Å². The number of alkyl halides is 3. The maximum absolute atomic E-state index is 13.1. The molecule has 3 rings (SSSR count). The van der Waals surface area contributed by atoms with Gasteiger partial charge in [0.2, 0.25) is 5.82 Å². The molecule has 0 bridgehead atoms. The first-order chi connectivity index (χ1) is 16.2. The molecular formula is C23H29F3N6O3. The zero-order chi connectivity index (χ0) is 26.0. The van der Waals surface area contributed by atoms with Crippen LogP contribution in [0.3, 0.4) is 0 Å². The standard InChI is InChI=1S/C23H29F3N6O3/c1-13-17(19(33)28-12-16-6-9-27-20(31-16)23(24,25)26)18(30-14(2)29-13)15-7-10-32(11-8-15)21(34)35-22(3,4)5/h6,9,15H,7-8,10-12H2,1-5H3,(H,28,33). The third-order valence-corrected chi connectivity index (χ3v) is 5.39. The smallest absolute Gasteiger partial charge is 0.444 e. The molecule has 2 aromatic rings. The van der Waals surface area contributed by atoms with Crippen LogP contribution >= 0.6 is 0 Å². The Kier molecular flexibility index (Phi) is 7.61. The van der Waals surface area contributed by atoms with Crippen molar-refractivity contribution in [2.45, 2.75) is 71.7 Å². The van der Waals surface area contributed by atoms with E-state index in [-0.39, 0.29) is 29.8 Å². The molecule has 12 heteroatoms. The molecule has 0 unspecified atom stereocenters. The van der Waals surface area contributed by atoms with Crippen molar-refractivity contribution < 1.29 is 27.5 Å². The number of piperidine rings is 1. The molecule has 1 aliphatic rings. The van der Waals surface area contributed by atoms with E-state index in [1.165, 1.54) is 6.07 Å². The van der Waals surface area contributed by atoms with Gasteiger partial charge in [0.15, 0.2) is 0 Å². The van der Waals surface area contributed by atoms with E-state index in [0.29, 0.717) is 43.1 Å². The van der Waals surface area contributed by atoms with Crippen LogP contribution in [-0.4, -0.2) is 55.5 Å². The molecule has 0 spiro atoms. The summed E-state index contributed by atoms with van der Waals surface area (Å²) >= 11 is 0. The van der Waals surface area contributed by atoms with E-state index >= 15 is 0 Å². The molecule has 9 nitrogen and oxygen atoms in total. The Hall–Kier alpha value is -3.31. The van der Waals surface area contributed by atoms with Gasteiger partial charge in [-0.3, -0.25) is 4.79 Å². The molecule has 2 aromatic heterocycles. The minimum absolute atomic E-state index is 0.0265. The lowest BCUT2D eigenvalue weighted by Gasteiger charge is -2.33. The predicted molar refractivity (Wildman–Crippen MR) is 119 cm³/mol. The first-order valence-electron chi connectivity index (χ1n) is 11.2. The van der Waals surface area contributed by atoms with E-state index in [0.717, 1.165) is 6.20 Å². The fourth-order valence-electron chi connectivity index (χ4n) is 3.87. The molecule has 35 heavy (non-hydrogen) atoms. The average molecular weight is 495 g/mol. The van der Waals surface area contributed by atoms with Gasteiger partial charge in [-0.05, 0) is 53.5 Å². The number of carbonyl (C=O) groups is 2. The van der Waals surface area contributed by atoms with E-state index < -0.39 is 23.5 Å². The first kappa shape index (κ1) is 26.3. The SMILES string of the molecule is Cc1nc(C)c(C(=O)NCc2ccnc(C(F)(F)F)n2)c(C2CCN(C(=O)OC(C)(C)C)CC2)n1. The number of carbonyl (C=O) groups excluding carboxylic acids is 2. The van der Waals surface area contributed by atoms with Gasteiger partial charge < -0.3 is 15.0 Å². The maximum atomic E-state index is 13.1. The molecule has 0 aliphatic carbocycles. The highest BCUT2D eigenvalue weighted by molar-refractivity contribution is 5.96. The number of hydrogen-bond donors (Lipinski definition) is 1. The summed E-state index contributed by atoms with van der Waals surface area (Å²) in [4.78, 5) is 42.6. The van der Waals surface area contributed by atoms with Crippen LogP contribution in [0.2, 0.25) is 0 Å². The molecule has 0 saturated carbocycles. The summed E-state index contributed by atoms with van der Waals surface area (Å²) < 4.78 is 44.1. The lowest BCUT2D eigenvalue weighted by atomic mass is 9.89. The van der Waals surface area contributed by atoms with Gasteiger partial charge in [0, 0.05) is 25.2 Å². The second kappa shape index (κ2) is 10.1.